The Morgan fingerprint density at radius 2 is 1.73 bits per heavy atom. The molecule has 1 aromatic heterocycles. The van der Waals surface area contributed by atoms with Crippen LogP contribution in [-0.2, 0) is 30.4 Å². The van der Waals surface area contributed by atoms with E-state index in [1.54, 1.807) is 0 Å². The van der Waals surface area contributed by atoms with Gasteiger partial charge in [-0.25, -0.2) is 9.13 Å². The molecule has 0 spiro atoms. The average Bonchev–Trinajstić information content (AvgIpc) is 2.71. The first-order chi connectivity index (χ1) is 10.2. The molecule has 126 valence electrons. The maximum absolute atomic E-state index is 6.31. The minimum absolute atomic E-state index is 0.625. The molecule has 0 aliphatic carbocycles. The zero-order valence-corrected chi connectivity index (χ0v) is 17.6. The number of imidazole rings is 1. The van der Waals surface area contributed by atoms with Crippen molar-refractivity contribution in [1.29, 1.82) is 0 Å². The van der Waals surface area contributed by atoms with E-state index in [-0.39, 0.29) is 0 Å². The Balaban J connectivity index is 2.03. The summed E-state index contributed by atoms with van der Waals surface area (Å²) in [7, 11) is -4.92. The predicted octanol–water partition coefficient (Wildman–Crippen LogP) is 2.15. The van der Waals surface area contributed by atoms with Crippen molar-refractivity contribution in [1.82, 2.24) is 4.57 Å². The Bertz CT molecular complexity index is 491. The van der Waals surface area contributed by atoms with Crippen LogP contribution in [0.25, 0.3) is 0 Å². The van der Waals surface area contributed by atoms with E-state index in [4.69, 9.17) is 16.8 Å². The molecule has 22 heavy (non-hydrogen) atoms. The molecular formula is C13H29N2O4Si3+. The van der Waals surface area contributed by atoms with Gasteiger partial charge in [-0.15, -0.1) is 0 Å². The SMILES string of the molecule is CCO[Si]1(CCC[n+]2ccn(C)c2)O[Si](C)(C)O[Si](C)(C)O1. The van der Waals surface area contributed by atoms with Gasteiger partial charge in [0.15, 0.2) is 0 Å². The van der Waals surface area contributed by atoms with Crippen LogP contribution in [0.4, 0.5) is 0 Å². The van der Waals surface area contributed by atoms with E-state index in [0.29, 0.717) is 6.61 Å². The van der Waals surface area contributed by atoms with E-state index in [9.17, 15) is 0 Å². The second kappa shape index (κ2) is 6.67. The zero-order valence-electron chi connectivity index (χ0n) is 14.6. The third-order valence-corrected chi connectivity index (χ3v) is 15.4. The van der Waals surface area contributed by atoms with E-state index < -0.39 is 25.9 Å². The average molecular weight is 362 g/mol. The highest BCUT2D eigenvalue weighted by Gasteiger charge is 2.57. The fourth-order valence-corrected chi connectivity index (χ4v) is 17.8. The largest absolute Gasteiger partial charge is 0.483 e. The van der Waals surface area contributed by atoms with Crippen molar-refractivity contribution < 1.29 is 21.3 Å². The molecule has 0 amide bonds. The van der Waals surface area contributed by atoms with Gasteiger partial charge in [0.2, 0.25) is 6.33 Å². The van der Waals surface area contributed by atoms with Crippen LogP contribution in [0.15, 0.2) is 18.7 Å². The highest BCUT2D eigenvalue weighted by Crippen LogP contribution is 2.34. The molecule has 2 rings (SSSR count). The first kappa shape index (κ1) is 18.0. The third kappa shape index (κ3) is 4.85. The summed E-state index contributed by atoms with van der Waals surface area (Å²) in [5, 5.41) is 0. The Hall–Kier alpha value is -0.299. The first-order valence-corrected chi connectivity index (χ1v) is 15.5. The summed E-state index contributed by atoms with van der Waals surface area (Å²) in [5.74, 6) is 0. The predicted molar refractivity (Wildman–Crippen MR) is 90.6 cm³/mol. The number of aryl methyl sites for hydroxylation is 2. The molecule has 0 unspecified atom stereocenters. The summed E-state index contributed by atoms with van der Waals surface area (Å²) in [6, 6.07) is 0.846. The van der Waals surface area contributed by atoms with E-state index in [1.807, 2.05) is 24.7 Å². The highest BCUT2D eigenvalue weighted by atomic mass is 28.5. The molecule has 2 heterocycles. The van der Waals surface area contributed by atoms with Crippen LogP contribution < -0.4 is 4.57 Å². The standard InChI is InChI=1S/C13H29N2O4Si3/c1-7-16-22(12-8-9-15-11-10-14(2)13-15)18-20(3,4)17-21(5,6)19-22/h10-11,13H,7-9,12H2,1-6H3/q+1. The van der Waals surface area contributed by atoms with Crippen LogP contribution in [0.1, 0.15) is 13.3 Å². The number of hydrogen-bond acceptors (Lipinski definition) is 4. The molecule has 0 saturated carbocycles. The summed E-state index contributed by atoms with van der Waals surface area (Å²) >= 11 is 0. The van der Waals surface area contributed by atoms with Crippen LogP contribution in [0, 0.1) is 0 Å². The monoisotopic (exact) mass is 361 g/mol. The summed E-state index contributed by atoms with van der Waals surface area (Å²) in [5.41, 5.74) is 0. The lowest BCUT2D eigenvalue weighted by Gasteiger charge is -2.47. The topological polar surface area (TPSA) is 45.7 Å². The van der Waals surface area contributed by atoms with Gasteiger partial charge in [0.1, 0.15) is 12.4 Å². The van der Waals surface area contributed by atoms with Gasteiger partial charge < -0.3 is 16.8 Å². The van der Waals surface area contributed by atoms with Crippen LogP contribution >= 0.6 is 0 Å². The highest BCUT2D eigenvalue weighted by molar-refractivity contribution is 6.91. The van der Waals surface area contributed by atoms with Crippen LogP contribution in [0.5, 0.6) is 0 Å². The minimum Gasteiger partial charge on any atom is -0.416 e. The van der Waals surface area contributed by atoms with Crippen molar-refractivity contribution in [2.24, 2.45) is 7.05 Å². The smallest absolute Gasteiger partial charge is 0.416 e. The molecule has 0 N–H and O–H groups in total. The van der Waals surface area contributed by atoms with Crippen molar-refractivity contribution in [3.63, 3.8) is 0 Å². The van der Waals surface area contributed by atoms with Crippen molar-refractivity contribution in [2.75, 3.05) is 6.61 Å². The van der Waals surface area contributed by atoms with E-state index in [1.165, 1.54) is 0 Å². The molecule has 9 heteroatoms. The molecular weight excluding hydrogens is 332 g/mol. The Morgan fingerprint density at radius 3 is 2.23 bits per heavy atom. The second-order valence-electron chi connectivity index (χ2n) is 6.64. The summed E-state index contributed by atoms with van der Waals surface area (Å²) in [6.45, 7) is 12.0. The summed E-state index contributed by atoms with van der Waals surface area (Å²) < 4.78 is 29.0. The van der Waals surface area contributed by atoms with Crippen molar-refractivity contribution in [3.05, 3.63) is 18.7 Å². The van der Waals surface area contributed by atoms with Gasteiger partial charge in [0.05, 0.1) is 13.6 Å². The molecule has 1 fully saturated rings. The van der Waals surface area contributed by atoms with E-state index in [2.05, 4.69) is 43.3 Å². The summed E-state index contributed by atoms with van der Waals surface area (Å²) in [6.07, 6.45) is 7.19. The third-order valence-electron chi connectivity index (χ3n) is 3.38. The molecule has 0 aromatic carbocycles. The Labute approximate surface area is 136 Å². The van der Waals surface area contributed by atoms with Gasteiger partial charge in [-0.05, 0) is 39.5 Å². The number of hydrogen-bond donors (Lipinski definition) is 0. The van der Waals surface area contributed by atoms with Gasteiger partial charge >= 0.3 is 25.9 Å². The number of aromatic nitrogens is 2. The first-order valence-electron chi connectivity index (χ1n) is 7.91. The Morgan fingerprint density at radius 1 is 1.09 bits per heavy atom. The Kier molecular flexibility index (Phi) is 5.47. The van der Waals surface area contributed by atoms with Gasteiger partial charge in [0, 0.05) is 12.7 Å². The van der Waals surface area contributed by atoms with Crippen LogP contribution in [-0.4, -0.2) is 37.1 Å². The fourth-order valence-electron chi connectivity index (χ4n) is 2.97. The van der Waals surface area contributed by atoms with Gasteiger partial charge in [0.25, 0.3) is 0 Å². The normalized spacial score (nSPS) is 22.6. The second-order valence-corrected chi connectivity index (χ2v) is 16.8. The molecule has 0 bridgehead atoms. The fraction of sp³-hybridized carbons (Fsp3) is 0.769. The van der Waals surface area contributed by atoms with Crippen molar-refractivity contribution >= 4 is 25.9 Å². The maximum atomic E-state index is 6.31. The molecule has 6 nitrogen and oxygen atoms in total. The van der Waals surface area contributed by atoms with Crippen LogP contribution in [0.2, 0.25) is 32.2 Å². The van der Waals surface area contributed by atoms with E-state index in [0.717, 1.165) is 19.0 Å². The lowest BCUT2D eigenvalue weighted by Crippen LogP contribution is -2.67. The van der Waals surface area contributed by atoms with Gasteiger partial charge in [-0.1, -0.05) is 0 Å². The van der Waals surface area contributed by atoms with Crippen LogP contribution in [0.3, 0.4) is 0 Å². The molecule has 1 aromatic rings. The van der Waals surface area contributed by atoms with Crippen molar-refractivity contribution in [3.8, 4) is 0 Å². The summed E-state index contributed by atoms with van der Waals surface area (Å²) in [4.78, 5) is 0. The van der Waals surface area contributed by atoms with Gasteiger partial charge in [-0.3, -0.25) is 0 Å². The molecule has 1 saturated heterocycles. The van der Waals surface area contributed by atoms with Crippen molar-refractivity contribution in [2.45, 2.75) is 52.1 Å². The lowest BCUT2D eigenvalue weighted by atomic mass is 10.5. The quantitative estimate of drug-likeness (QED) is 0.575. The zero-order chi connectivity index (χ0) is 16.4. The number of rotatable bonds is 6. The molecule has 1 aliphatic heterocycles. The van der Waals surface area contributed by atoms with E-state index >= 15 is 0 Å². The lowest BCUT2D eigenvalue weighted by molar-refractivity contribution is -0.696. The maximum Gasteiger partial charge on any atom is 0.483 e. The number of nitrogens with zero attached hydrogens (tertiary/aromatic N) is 2. The molecule has 0 atom stereocenters. The molecule has 1 aliphatic rings. The minimum atomic E-state index is -2.62. The molecule has 0 radical (unpaired) electrons. The van der Waals surface area contributed by atoms with Gasteiger partial charge in [-0.2, -0.15) is 0 Å².